The maximum Gasteiger partial charge on any atom is 0.497 e. The second kappa shape index (κ2) is 5.04. The summed E-state index contributed by atoms with van der Waals surface area (Å²) in [6.07, 6.45) is 7.19. The average molecular weight is 324 g/mol. The summed E-state index contributed by atoms with van der Waals surface area (Å²) in [5.74, 6) is 0.148. The first-order valence-corrected chi connectivity index (χ1v) is 8.38. The van der Waals surface area contributed by atoms with Crippen LogP contribution in [0.25, 0.3) is 11.0 Å². The molecule has 24 heavy (non-hydrogen) atoms. The lowest BCUT2D eigenvalue weighted by Gasteiger charge is -2.32. The van der Waals surface area contributed by atoms with E-state index in [-0.39, 0.29) is 17.1 Å². The van der Waals surface area contributed by atoms with Gasteiger partial charge in [0.1, 0.15) is 12.0 Å². The van der Waals surface area contributed by atoms with Gasteiger partial charge in [-0.15, -0.1) is 0 Å². The lowest BCUT2D eigenvalue weighted by atomic mass is 9.79. The van der Waals surface area contributed by atoms with Crippen LogP contribution in [-0.2, 0) is 9.31 Å². The zero-order chi connectivity index (χ0) is 17.1. The van der Waals surface area contributed by atoms with E-state index in [1.165, 1.54) is 0 Å². The van der Waals surface area contributed by atoms with Crippen molar-refractivity contribution in [2.75, 3.05) is 0 Å². The molecule has 0 amide bonds. The van der Waals surface area contributed by atoms with E-state index in [0.717, 1.165) is 29.3 Å². The van der Waals surface area contributed by atoms with E-state index >= 15 is 0 Å². The standard InChI is InChI=1S/C17H21BN4O2/c1-16(2)17(3,4)24-18(23-16)14-9-22(12-5-11(6-12)7-19)15-13(14)8-20-10-21-15/h8-12H,5-6H2,1-4H3. The van der Waals surface area contributed by atoms with E-state index < -0.39 is 7.12 Å². The van der Waals surface area contributed by atoms with Crippen LogP contribution in [0.2, 0.25) is 0 Å². The molecule has 124 valence electrons. The molecule has 0 bridgehead atoms. The predicted molar refractivity (Wildman–Crippen MR) is 90.6 cm³/mol. The van der Waals surface area contributed by atoms with Crippen LogP contribution in [-0.4, -0.2) is 32.9 Å². The Hall–Kier alpha value is -1.91. The van der Waals surface area contributed by atoms with Gasteiger partial charge >= 0.3 is 7.12 Å². The van der Waals surface area contributed by atoms with Crippen molar-refractivity contribution in [3.63, 3.8) is 0 Å². The number of hydrogen-bond acceptors (Lipinski definition) is 5. The minimum atomic E-state index is -0.434. The molecule has 1 saturated heterocycles. The maximum absolute atomic E-state index is 9.03. The summed E-state index contributed by atoms with van der Waals surface area (Å²) in [6, 6.07) is 2.65. The highest BCUT2D eigenvalue weighted by molar-refractivity contribution is 6.65. The fraction of sp³-hybridized carbons (Fsp3) is 0.588. The van der Waals surface area contributed by atoms with Gasteiger partial charge in [-0.3, -0.25) is 0 Å². The van der Waals surface area contributed by atoms with E-state index in [1.807, 2.05) is 33.9 Å². The van der Waals surface area contributed by atoms with Crippen LogP contribution < -0.4 is 5.46 Å². The first kappa shape index (κ1) is 15.6. The highest BCUT2D eigenvalue weighted by Gasteiger charge is 2.52. The molecule has 0 aromatic carbocycles. The van der Waals surface area contributed by atoms with Gasteiger partial charge in [0.15, 0.2) is 0 Å². The lowest BCUT2D eigenvalue weighted by molar-refractivity contribution is 0.00578. The van der Waals surface area contributed by atoms with Crippen molar-refractivity contribution in [3.05, 3.63) is 18.7 Å². The van der Waals surface area contributed by atoms with Crippen LogP contribution in [0.4, 0.5) is 0 Å². The third-order valence-corrected chi connectivity index (χ3v) is 5.72. The number of nitrogens with zero attached hydrogens (tertiary/aromatic N) is 4. The van der Waals surface area contributed by atoms with Crippen LogP contribution in [0.3, 0.4) is 0 Å². The van der Waals surface area contributed by atoms with Crippen LogP contribution in [0.15, 0.2) is 18.7 Å². The fourth-order valence-electron chi connectivity index (χ4n) is 3.37. The Bertz CT molecular complexity index is 817. The average Bonchev–Trinajstić information content (AvgIpc) is 2.94. The summed E-state index contributed by atoms with van der Waals surface area (Å²) in [5.41, 5.74) is 1.08. The van der Waals surface area contributed by atoms with Crippen LogP contribution in [0, 0.1) is 17.2 Å². The molecule has 2 aliphatic rings. The fourth-order valence-corrected chi connectivity index (χ4v) is 3.37. The first-order chi connectivity index (χ1) is 11.3. The van der Waals surface area contributed by atoms with Gasteiger partial charge in [-0.25, -0.2) is 9.97 Å². The minimum absolute atomic E-state index is 0.148. The SMILES string of the molecule is CC1(C)OB(c2cn(C3CC(C#N)C3)c3ncncc23)OC1(C)C. The maximum atomic E-state index is 9.03. The Kier molecular flexibility index (Phi) is 3.28. The Morgan fingerprint density at radius 2 is 1.92 bits per heavy atom. The molecule has 2 aromatic heterocycles. The van der Waals surface area contributed by atoms with Gasteiger partial charge in [-0.1, -0.05) is 0 Å². The van der Waals surface area contributed by atoms with Crippen molar-refractivity contribution in [3.8, 4) is 6.07 Å². The molecule has 4 rings (SSSR count). The second-order valence-corrected chi connectivity index (χ2v) is 7.79. The molecule has 6 nitrogen and oxygen atoms in total. The predicted octanol–water partition coefficient (Wildman–Crippen LogP) is 2.21. The van der Waals surface area contributed by atoms with Gasteiger partial charge in [0.05, 0.1) is 23.2 Å². The van der Waals surface area contributed by atoms with Crippen molar-refractivity contribution in [1.29, 1.82) is 5.26 Å². The highest BCUT2D eigenvalue weighted by atomic mass is 16.7. The van der Waals surface area contributed by atoms with Crippen molar-refractivity contribution >= 4 is 23.6 Å². The van der Waals surface area contributed by atoms with Gasteiger partial charge < -0.3 is 13.9 Å². The van der Waals surface area contributed by atoms with E-state index in [1.54, 1.807) is 6.33 Å². The zero-order valence-corrected chi connectivity index (χ0v) is 14.5. The van der Waals surface area contributed by atoms with Crippen molar-refractivity contribution in [2.24, 2.45) is 5.92 Å². The molecule has 1 aliphatic carbocycles. The monoisotopic (exact) mass is 324 g/mol. The Morgan fingerprint density at radius 1 is 1.25 bits per heavy atom. The molecule has 0 radical (unpaired) electrons. The van der Waals surface area contributed by atoms with E-state index in [9.17, 15) is 0 Å². The summed E-state index contributed by atoms with van der Waals surface area (Å²) < 4.78 is 14.6. The number of aromatic nitrogens is 3. The molecular weight excluding hydrogens is 303 g/mol. The normalized spacial score (nSPS) is 27.9. The molecule has 0 atom stereocenters. The third-order valence-electron chi connectivity index (χ3n) is 5.72. The molecule has 2 fully saturated rings. The van der Waals surface area contributed by atoms with E-state index in [4.69, 9.17) is 14.6 Å². The summed E-state index contributed by atoms with van der Waals surface area (Å²) in [4.78, 5) is 8.63. The van der Waals surface area contributed by atoms with Gasteiger partial charge in [-0.2, -0.15) is 5.26 Å². The van der Waals surface area contributed by atoms with Crippen LogP contribution in [0.1, 0.15) is 46.6 Å². The molecule has 1 saturated carbocycles. The van der Waals surface area contributed by atoms with Gasteiger partial charge in [0.25, 0.3) is 0 Å². The number of fused-ring (bicyclic) bond motifs is 1. The van der Waals surface area contributed by atoms with Crippen molar-refractivity contribution < 1.29 is 9.31 Å². The summed E-state index contributed by atoms with van der Waals surface area (Å²) in [5, 5.41) is 9.99. The Morgan fingerprint density at radius 3 is 2.54 bits per heavy atom. The summed E-state index contributed by atoms with van der Waals surface area (Å²) in [6.45, 7) is 8.19. The topological polar surface area (TPSA) is 73.0 Å². The number of hydrogen-bond donors (Lipinski definition) is 0. The largest absolute Gasteiger partial charge is 0.497 e. The van der Waals surface area contributed by atoms with Crippen LogP contribution >= 0.6 is 0 Å². The smallest absolute Gasteiger partial charge is 0.399 e. The highest BCUT2D eigenvalue weighted by Crippen LogP contribution is 2.40. The van der Waals surface area contributed by atoms with E-state index in [2.05, 4.69) is 26.8 Å². The van der Waals surface area contributed by atoms with E-state index in [0.29, 0.717) is 6.04 Å². The Labute approximate surface area is 141 Å². The molecule has 2 aromatic rings. The molecular formula is C17H21BN4O2. The van der Waals surface area contributed by atoms with Gasteiger partial charge in [-0.05, 0) is 40.5 Å². The minimum Gasteiger partial charge on any atom is -0.399 e. The van der Waals surface area contributed by atoms with Gasteiger partial charge in [0, 0.05) is 29.3 Å². The summed E-state index contributed by atoms with van der Waals surface area (Å²) >= 11 is 0. The molecule has 3 heterocycles. The third kappa shape index (κ3) is 2.17. The number of rotatable bonds is 2. The van der Waals surface area contributed by atoms with Crippen molar-refractivity contribution in [2.45, 2.75) is 57.8 Å². The quantitative estimate of drug-likeness (QED) is 0.792. The first-order valence-electron chi connectivity index (χ1n) is 8.38. The number of nitriles is 1. The summed E-state index contributed by atoms with van der Waals surface area (Å²) in [7, 11) is -0.434. The zero-order valence-electron chi connectivity index (χ0n) is 14.5. The molecule has 0 spiro atoms. The van der Waals surface area contributed by atoms with Gasteiger partial charge in [0.2, 0.25) is 0 Å². The molecule has 1 aliphatic heterocycles. The molecule has 0 N–H and O–H groups in total. The Balaban J connectivity index is 1.74. The second-order valence-electron chi connectivity index (χ2n) is 7.79. The van der Waals surface area contributed by atoms with Crippen LogP contribution in [0.5, 0.6) is 0 Å². The lowest BCUT2D eigenvalue weighted by Crippen LogP contribution is -2.41. The van der Waals surface area contributed by atoms with Crippen molar-refractivity contribution in [1.82, 2.24) is 14.5 Å². The molecule has 0 unspecified atom stereocenters. The molecule has 7 heteroatoms.